The lowest BCUT2D eigenvalue weighted by Gasteiger charge is -2.28. The van der Waals surface area contributed by atoms with E-state index in [4.69, 9.17) is 0 Å². The summed E-state index contributed by atoms with van der Waals surface area (Å²) in [6.07, 6.45) is 0. The monoisotopic (exact) mass is 253 g/mol. The molecule has 1 fully saturated rings. The summed E-state index contributed by atoms with van der Waals surface area (Å²) in [7, 11) is 0.690. The molecule has 0 aromatic heterocycles. The Morgan fingerprint density at radius 2 is 2.06 bits per heavy atom. The predicted molar refractivity (Wildman–Crippen MR) is 67.9 cm³/mol. The van der Waals surface area contributed by atoms with Gasteiger partial charge in [-0.25, -0.2) is 4.79 Å². The minimum Gasteiger partial charge on any atom is -0.465 e. The van der Waals surface area contributed by atoms with Gasteiger partial charge >= 0.3 is 5.97 Å². The van der Waals surface area contributed by atoms with Gasteiger partial charge in [0, 0.05) is 41.1 Å². The van der Waals surface area contributed by atoms with Crippen LogP contribution in [0.3, 0.4) is 0 Å². The van der Waals surface area contributed by atoms with Crippen LogP contribution in [0.2, 0.25) is 0 Å². The fourth-order valence-electron chi connectivity index (χ4n) is 1.84. The average molecular weight is 253 g/mol. The Balaban J connectivity index is 2.16. The second-order valence-corrected chi connectivity index (χ2v) is 5.57. The number of hydrogen-bond donors (Lipinski definition) is 0. The van der Waals surface area contributed by atoms with Crippen LogP contribution in [0.25, 0.3) is 0 Å². The maximum atomic E-state index is 11.4. The van der Waals surface area contributed by atoms with E-state index >= 15 is 0 Å². The lowest BCUT2D eigenvalue weighted by atomic mass is 10.2. The minimum absolute atomic E-state index is 0.326. The summed E-state index contributed by atoms with van der Waals surface area (Å²) in [5, 5.41) is 0. The molecular weight excluding hydrogens is 238 g/mol. The summed E-state index contributed by atoms with van der Waals surface area (Å²) in [4.78, 5) is 13.6. The fourth-order valence-corrected chi connectivity index (χ4v) is 2.90. The van der Waals surface area contributed by atoms with E-state index in [1.54, 1.807) is 6.07 Å². The highest BCUT2D eigenvalue weighted by atomic mass is 32.2. The van der Waals surface area contributed by atoms with Gasteiger partial charge in [0.05, 0.1) is 12.7 Å². The molecule has 1 heterocycles. The van der Waals surface area contributed by atoms with Crippen molar-refractivity contribution in [2.45, 2.75) is 0 Å². The SMILES string of the molecule is COC(=O)c1cccc(N2CCS(=O)CC2)c1. The van der Waals surface area contributed by atoms with Crippen molar-refractivity contribution in [2.24, 2.45) is 0 Å². The van der Waals surface area contributed by atoms with Gasteiger partial charge in [-0.2, -0.15) is 0 Å². The van der Waals surface area contributed by atoms with Crippen LogP contribution in [0, 0.1) is 0 Å². The number of ether oxygens (including phenoxy) is 1. The fraction of sp³-hybridized carbons (Fsp3) is 0.417. The predicted octanol–water partition coefficient (Wildman–Crippen LogP) is 1.04. The van der Waals surface area contributed by atoms with Crippen molar-refractivity contribution in [1.29, 1.82) is 0 Å². The minimum atomic E-state index is -0.684. The van der Waals surface area contributed by atoms with Gasteiger partial charge in [0.1, 0.15) is 0 Å². The topological polar surface area (TPSA) is 46.6 Å². The first-order valence-corrected chi connectivity index (χ1v) is 6.98. The van der Waals surface area contributed by atoms with E-state index in [1.807, 2.05) is 18.2 Å². The van der Waals surface area contributed by atoms with Crippen LogP contribution in [0.1, 0.15) is 10.4 Å². The van der Waals surface area contributed by atoms with E-state index in [0.29, 0.717) is 17.1 Å². The standard InChI is InChI=1S/C12H15NO3S/c1-16-12(14)10-3-2-4-11(9-10)13-5-7-17(15)8-6-13/h2-4,9H,5-8H2,1H3. The van der Waals surface area contributed by atoms with Crippen LogP contribution in [0.15, 0.2) is 24.3 Å². The Hall–Kier alpha value is -1.36. The van der Waals surface area contributed by atoms with Gasteiger partial charge in [-0.05, 0) is 18.2 Å². The number of esters is 1. The van der Waals surface area contributed by atoms with E-state index in [1.165, 1.54) is 7.11 Å². The second kappa shape index (κ2) is 5.31. The van der Waals surface area contributed by atoms with Gasteiger partial charge in [-0.15, -0.1) is 0 Å². The number of nitrogens with zero attached hydrogens (tertiary/aromatic N) is 1. The molecule has 5 heteroatoms. The van der Waals surface area contributed by atoms with Gasteiger partial charge in [0.25, 0.3) is 0 Å². The molecule has 0 atom stereocenters. The third-order valence-electron chi connectivity index (χ3n) is 2.81. The van der Waals surface area contributed by atoms with Crippen molar-refractivity contribution in [3.8, 4) is 0 Å². The zero-order valence-electron chi connectivity index (χ0n) is 9.72. The molecule has 1 aliphatic rings. The molecule has 1 aliphatic heterocycles. The Morgan fingerprint density at radius 1 is 1.35 bits per heavy atom. The molecule has 0 amide bonds. The molecule has 4 nitrogen and oxygen atoms in total. The van der Waals surface area contributed by atoms with Crippen LogP contribution in [0.4, 0.5) is 5.69 Å². The summed E-state index contributed by atoms with van der Waals surface area (Å²) >= 11 is 0. The molecule has 92 valence electrons. The van der Waals surface area contributed by atoms with E-state index < -0.39 is 10.8 Å². The van der Waals surface area contributed by atoms with Crippen LogP contribution in [-0.4, -0.2) is 41.9 Å². The van der Waals surface area contributed by atoms with Crippen molar-refractivity contribution in [3.63, 3.8) is 0 Å². The molecule has 1 aromatic carbocycles. The van der Waals surface area contributed by atoms with E-state index in [0.717, 1.165) is 18.8 Å². The first-order valence-electron chi connectivity index (χ1n) is 5.49. The lowest BCUT2D eigenvalue weighted by Crippen LogP contribution is -2.37. The number of carbonyl (C=O) groups is 1. The summed E-state index contributed by atoms with van der Waals surface area (Å²) in [6, 6.07) is 7.35. The molecule has 2 rings (SSSR count). The zero-order chi connectivity index (χ0) is 12.3. The summed E-state index contributed by atoms with van der Waals surface area (Å²) in [5.41, 5.74) is 1.54. The van der Waals surface area contributed by atoms with E-state index in [9.17, 15) is 9.00 Å². The van der Waals surface area contributed by atoms with Gasteiger partial charge in [0.15, 0.2) is 0 Å². The largest absolute Gasteiger partial charge is 0.465 e. The Labute approximate surface area is 103 Å². The highest BCUT2D eigenvalue weighted by Gasteiger charge is 2.16. The normalized spacial score (nSPS) is 16.9. The summed E-state index contributed by atoms with van der Waals surface area (Å²) in [6.45, 7) is 1.55. The van der Waals surface area contributed by atoms with Gasteiger partial charge in [-0.1, -0.05) is 6.07 Å². The van der Waals surface area contributed by atoms with Crippen molar-refractivity contribution < 1.29 is 13.7 Å². The maximum absolute atomic E-state index is 11.4. The lowest BCUT2D eigenvalue weighted by molar-refractivity contribution is 0.0601. The smallest absolute Gasteiger partial charge is 0.337 e. The molecule has 0 radical (unpaired) electrons. The van der Waals surface area contributed by atoms with Gasteiger partial charge in [-0.3, -0.25) is 4.21 Å². The first kappa shape index (κ1) is 12.1. The molecule has 0 spiro atoms. The quantitative estimate of drug-likeness (QED) is 0.739. The molecular formula is C12H15NO3S. The van der Waals surface area contributed by atoms with Crippen LogP contribution in [0.5, 0.6) is 0 Å². The third kappa shape index (κ3) is 2.85. The second-order valence-electron chi connectivity index (χ2n) is 3.88. The number of methoxy groups -OCH3 is 1. The van der Waals surface area contributed by atoms with Crippen molar-refractivity contribution >= 4 is 22.5 Å². The van der Waals surface area contributed by atoms with Crippen LogP contribution < -0.4 is 4.90 Å². The van der Waals surface area contributed by atoms with Crippen LogP contribution in [-0.2, 0) is 15.5 Å². The first-order chi connectivity index (χ1) is 8.20. The van der Waals surface area contributed by atoms with Crippen LogP contribution >= 0.6 is 0 Å². The van der Waals surface area contributed by atoms with Crippen molar-refractivity contribution in [1.82, 2.24) is 0 Å². The third-order valence-corrected chi connectivity index (χ3v) is 4.09. The summed E-state index contributed by atoms with van der Waals surface area (Å²) in [5.74, 6) is 1.07. The highest BCUT2D eigenvalue weighted by Crippen LogP contribution is 2.18. The average Bonchev–Trinajstić information content (AvgIpc) is 2.39. The van der Waals surface area contributed by atoms with Gasteiger partial charge in [0.2, 0.25) is 0 Å². The number of rotatable bonds is 2. The molecule has 0 unspecified atom stereocenters. The Morgan fingerprint density at radius 3 is 2.71 bits per heavy atom. The van der Waals surface area contributed by atoms with Crippen molar-refractivity contribution in [2.75, 3.05) is 36.6 Å². The number of carbonyl (C=O) groups excluding carboxylic acids is 1. The molecule has 0 saturated carbocycles. The molecule has 1 aromatic rings. The molecule has 1 saturated heterocycles. The Bertz CT molecular complexity index is 437. The van der Waals surface area contributed by atoms with Crippen molar-refractivity contribution in [3.05, 3.63) is 29.8 Å². The number of benzene rings is 1. The molecule has 17 heavy (non-hydrogen) atoms. The Kier molecular flexibility index (Phi) is 3.78. The van der Waals surface area contributed by atoms with E-state index in [-0.39, 0.29) is 5.97 Å². The maximum Gasteiger partial charge on any atom is 0.337 e. The zero-order valence-corrected chi connectivity index (χ0v) is 10.5. The molecule has 0 N–H and O–H groups in total. The summed E-state index contributed by atoms with van der Waals surface area (Å²) < 4.78 is 16.0. The highest BCUT2D eigenvalue weighted by molar-refractivity contribution is 7.85. The number of hydrogen-bond acceptors (Lipinski definition) is 4. The number of anilines is 1. The molecule has 0 bridgehead atoms. The van der Waals surface area contributed by atoms with E-state index in [2.05, 4.69) is 9.64 Å². The van der Waals surface area contributed by atoms with Gasteiger partial charge < -0.3 is 9.64 Å². The molecule has 0 aliphatic carbocycles.